The van der Waals surface area contributed by atoms with Gasteiger partial charge in [0.15, 0.2) is 0 Å². The van der Waals surface area contributed by atoms with Crippen LogP contribution in [0.5, 0.6) is 0 Å². The first-order valence-electron chi connectivity index (χ1n) is 5.42. The van der Waals surface area contributed by atoms with E-state index >= 15 is 0 Å². The van der Waals surface area contributed by atoms with E-state index in [9.17, 15) is 4.39 Å². The molecular weight excluding hydrogens is 320 g/mol. The summed E-state index contributed by atoms with van der Waals surface area (Å²) in [6, 6.07) is 5.24. The van der Waals surface area contributed by atoms with Gasteiger partial charge in [0.1, 0.15) is 5.82 Å². The molecule has 0 spiro atoms. The molecule has 1 aromatic carbocycles. The lowest BCUT2D eigenvalue weighted by atomic mass is 9.92. The molecule has 1 heterocycles. The van der Waals surface area contributed by atoms with E-state index in [1.165, 1.54) is 11.6 Å². The number of hydrogen-bond donors (Lipinski definition) is 1. The lowest BCUT2D eigenvalue weighted by Gasteiger charge is -2.23. The van der Waals surface area contributed by atoms with Crippen molar-refractivity contribution in [3.05, 3.63) is 33.1 Å². The van der Waals surface area contributed by atoms with Gasteiger partial charge in [-0.3, -0.25) is 0 Å². The molecule has 88 valence electrons. The molecule has 1 aromatic rings. The Hall–Kier alpha value is -0.200. The Morgan fingerprint density at radius 3 is 2.94 bits per heavy atom. The van der Waals surface area contributed by atoms with Gasteiger partial charge < -0.3 is 10.1 Å². The summed E-state index contributed by atoms with van der Waals surface area (Å²) in [6.07, 6.45) is 1.07. The van der Waals surface area contributed by atoms with Crippen LogP contribution in [0.15, 0.2) is 18.2 Å². The van der Waals surface area contributed by atoms with Crippen LogP contribution in [0.25, 0.3) is 0 Å². The zero-order valence-electron chi connectivity index (χ0n) is 9.17. The highest BCUT2D eigenvalue weighted by molar-refractivity contribution is 14.1. The second kappa shape index (κ2) is 5.42. The number of rotatable bonds is 3. The van der Waals surface area contributed by atoms with E-state index in [4.69, 9.17) is 4.74 Å². The van der Waals surface area contributed by atoms with Gasteiger partial charge in [-0.25, -0.2) is 4.39 Å². The maximum absolute atomic E-state index is 13.0. The minimum Gasteiger partial charge on any atom is -0.381 e. The third kappa shape index (κ3) is 2.55. The monoisotopic (exact) mass is 335 g/mol. The molecule has 0 bridgehead atoms. The number of nitrogens with one attached hydrogen (secondary N) is 1. The molecule has 2 unspecified atom stereocenters. The van der Waals surface area contributed by atoms with Gasteiger partial charge in [-0.15, -0.1) is 0 Å². The quantitative estimate of drug-likeness (QED) is 0.858. The molecule has 2 rings (SSSR count). The van der Waals surface area contributed by atoms with Crippen molar-refractivity contribution in [2.45, 2.75) is 12.5 Å². The molecule has 0 saturated carbocycles. The van der Waals surface area contributed by atoms with Crippen LogP contribution in [0.1, 0.15) is 18.0 Å². The fraction of sp³-hybridized carbons (Fsp3) is 0.500. The molecule has 1 aliphatic rings. The number of benzene rings is 1. The normalized spacial score (nSPS) is 22.3. The van der Waals surface area contributed by atoms with Crippen LogP contribution in [0, 0.1) is 15.3 Å². The third-order valence-corrected chi connectivity index (χ3v) is 3.98. The lowest BCUT2D eigenvalue weighted by molar-refractivity contribution is 0.177. The summed E-state index contributed by atoms with van der Waals surface area (Å²) in [5.74, 6) is 0.314. The van der Waals surface area contributed by atoms with Gasteiger partial charge in [-0.1, -0.05) is 6.07 Å². The Balaban J connectivity index is 2.25. The van der Waals surface area contributed by atoms with Crippen molar-refractivity contribution < 1.29 is 9.13 Å². The minimum atomic E-state index is -0.175. The Morgan fingerprint density at radius 1 is 1.56 bits per heavy atom. The van der Waals surface area contributed by atoms with E-state index < -0.39 is 0 Å². The Labute approximate surface area is 109 Å². The number of hydrogen-bond acceptors (Lipinski definition) is 2. The first-order valence-corrected chi connectivity index (χ1v) is 6.50. The fourth-order valence-electron chi connectivity index (χ4n) is 2.21. The van der Waals surface area contributed by atoms with Gasteiger partial charge >= 0.3 is 0 Å². The number of ether oxygens (including phenoxy) is 1. The van der Waals surface area contributed by atoms with Gasteiger partial charge in [0.2, 0.25) is 0 Å². The van der Waals surface area contributed by atoms with Crippen molar-refractivity contribution in [1.29, 1.82) is 0 Å². The number of halogens is 2. The first kappa shape index (κ1) is 12.3. The molecule has 1 aliphatic heterocycles. The predicted octanol–water partition coefficient (Wildman–Crippen LogP) is 2.73. The van der Waals surface area contributed by atoms with E-state index in [-0.39, 0.29) is 11.9 Å². The van der Waals surface area contributed by atoms with Crippen LogP contribution >= 0.6 is 22.6 Å². The van der Waals surface area contributed by atoms with Gasteiger partial charge in [-0.05, 0) is 53.8 Å². The Bertz CT molecular complexity index is 366. The van der Waals surface area contributed by atoms with Crippen molar-refractivity contribution in [1.82, 2.24) is 5.32 Å². The SMILES string of the molecule is CNC(c1ccc(F)cc1I)C1CCOC1. The molecule has 16 heavy (non-hydrogen) atoms. The van der Waals surface area contributed by atoms with Crippen LogP contribution < -0.4 is 5.32 Å². The van der Waals surface area contributed by atoms with E-state index in [0.29, 0.717) is 5.92 Å². The summed E-state index contributed by atoms with van der Waals surface area (Å²) in [6.45, 7) is 1.62. The molecule has 1 fully saturated rings. The van der Waals surface area contributed by atoms with Crippen molar-refractivity contribution >= 4 is 22.6 Å². The zero-order valence-corrected chi connectivity index (χ0v) is 11.3. The summed E-state index contributed by atoms with van der Waals surface area (Å²) in [4.78, 5) is 0. The molecular formula is C12H15FINO. The molecule has 2 nitrogen and oxygen atoms in total. The smallest absolute Gasteiger partial charge is 0.124 e. The highest BCUT2D eigenvalue weighted by Crippen LogP contribution is 2.31. The van der Waals surface area contributed by atoms with Crippen LogP contribution in [0.4, 0.5) is 4.39 Å². The Kier molecular flexibility index (Phi) is 4.16. The van der Waals surface area contributed by atoms with Crippen LogP contribution in [-0.4, -0.2) is 20.3 Å². The average molecular weight is 335 g/mol. The standard InChI is InChI=1S/C12H15FINO/c1-15-12(8-4-5-16-7-8)10-3-2-9(13)6-11(10)14/h2-3,6,8,12,15H,4-5,7H2,1H3. The molecule has 1 N–H and O–H groups in total. The van der Waals surface area contributed by atoms with E-state index in [1.54, 1.807) is 6.07 Å². The van der Waals surface area contributed by atoms with Crippen LogP contribution in [0.3, 0.4) is 0 Å². The van der Waals surface area contributed by atoms with Gasteiger partial charge in [0.05, 0.1) is 6.61 Å². The maximum Gasteiger partial charge on any atom is 0.124 e. The highest BCUT2D eigenvalue weighted by atomic mass is 127. The summed E-state index contributed by atoms with van der Waals surface area (Å²) in [7, 11) is 1.95. The zero-order chi connectivity index (χ0) is 11.5. The molecule has 0 amide bonds. The second-order valence-corrected chi connectivity index (χ2v) is 5.22. The molecule has 0 aromatic heterocycles. The highest BCUT2D eigenvalue weighted by Gasteiger charge is 2.27. The molecule has 2 atom stereocenters. The fourth-order valence-corrected chi connectivity index (χ4v) is 3.03. The minimum absolute atomic E-state index is 0.175. The summed E-state index contributed by atoms with van der Waals surface area (Å²) < 4.78 is 19.4. The molecule has 1 saturated heterocycles. The van der Waals surface area contributed by atoms with E-state index in [0.717, 1.165) is 23.2 Å². The maximum atomic E-state index is 13.0. The van der Waals surface area contributed by atoms with Gasteiger partial charge in [0, 0.05) is 22.1 Å². The summed E-state index contributed by atoms with van der Waals surface area (Å²) in [5, 5.41) is 3.31. The molecule has 0 aliphatic carbocycles. The Morgan fingerprint density at radius 2 is 2.38 bits per heavy atom. The van der Waals surface area contributed by atoms with Crippen LogP contribution in [-0.2, 0) is 4.74 Å². The average Bonchev–Trinajstić information content (AvgIpc) is 2.75. The van der Waals surface area contributed by atoms with E-state index in [2.05, 4.69) is 27.9 Å². The van der Waals surface area contributed by atoms with E-state index in [1.807, 2.05) is 13.1 Å². The van der Waals surface area contributed by atoms with Crippen molar-refractivity contribution in [3.8, 4) is 0 Å². The summed E-state index contributed by atoms with van der Waals surface area (Å²) in [5.41, 5.74) is 1.17. The predicted molar refractivity (Wildman–Crippen MR) is 69.8 cm³/mol. The van der Waals surface area contributed by atoms with Gasteiger partial charge in [0.25, 0.3) is 0 Å². The largest absolute Gasteiger partial charge is 0.381 e. The van der Waals surface area contributed by atoms with Crippen LogP contribution in [0.2, 0.25) is 0 Å². The summed E-state index contributed by atoms with van der Waals surface area (Å²) >= 11 is 2.19. The second-order valence-electron chi connectivity index (χ2n) is 4.06. The third-order valence-electron chi connectivity index (χ3n) is 3.04. The lowest BCUT2D eigenvalue weighted by Crippen LogP contribution is -2.26. The van der Waals surface area contributed by atoms with Crippen molar-refractivity contribution in [2.24, 2.45) is 5.92 Å². The first-order chi connectivity index (χ1) is 7.72. The van der Waals surface area contributed by atoms with Crippen molar-refractivity contribution in [3.63, 3.8) is 0 Å². The molecule has 0 radical (unpaired) electrons. The molecule has 4 heteroatoms. The van der Waals surface area contributed by atoms with Gasteiger partial charge in [-0.2, -0.15) is 0 Å². The topological polar surface area (TPSA) is 21.3 Å². The van der Waals surface area contributed by atoms with Crippen molar-refractivity contribution in [2.75, 3.05) is 20.3 Å².